The van der Waals surface area contributed by atoms with Crippen LogP contribution in [-0.4, -0.2) is 46.8 Å². The highest BCUT2D eigenvalue weighted by molar-refractivity contribution is 5.92. The lowest BCUT2D eigenvalue weighted by Crippen LogP contribution is -2.26. The van der Waals surface area contributed by atoms with Crippen molar-refractivity contribution in [3.05, 3.63) is 58.7 Å². The molecule has 3 aromatic rings. The predicted octanol–water partition coefficient (Wildman–Crippen LogP) is 2.78. The maximum absolute atomic E-state index is 11.9. The van der Waals surface area contributed by atoms with Crippen molar-refractivity contribution < 1.29 is 50.4 Å². The number of carboxylic acids is 1. The summed E-state index contributed by atoms with van der Waals surface area (Å²) in [6.07, 6.45) is -1.22. The van der Waals surface area contributed by atoms with Crippen molar-refractivity contribution in [3.8, 4) is 46.0 Å². The van der Waals surface area contributed by atoms with E-state index >= 15 is 0 Å². The molecular weight excluding hydrogens is 424 g/mol. The molecule has 1 heterocycles. The second-order valence-corrected chi connectivity index (χ2v) is 7.37. The Morgan fingerprint density at radius 1 is 0.812 bits per heavy atom. The van der Waals surface area contributed by atoms with E-state index in [1.54, 1.807) is 6.07 Å². The molecule has 166 valence electrons. The van der Waals surface area contributed by atoms with Gasteiger partial charge in [0.25, 0.3) is 0 Å². The van der Waals surface area contributed by atoms with Crippen molar-refractivity contribution in [1.82, 2.24) is 0 Å². The molecule has 1 aliphatic heterocycles. The first kappa shape index (κ1) is 20.8. The van der Waals surface area contributed by atoms with Gasteiger partial charge in [-0.3, -0.25) is 0 Å². The zero-order chi connectivity index (χ0) is 23.3. The van der Waals surface area contributed by atoms with E-state index in [1.807, 2.05) is 0 Å². The fourth-order valence-electron chi connectivity index (χ4n) is 3.97. The fraction of sp³-hybridized carbons (Fsp3) is 0.136. The molecule has 10 heteroatoms. The lowest BCUT2D eigenvalue weighted by molar-refractivity contribution is 0.0691. The molecule has 32 heavy (non-hydrogen) atoms. The molecule has 0 aliphatic carbocycles. The van der Waals surface area contributed by atoms with E-state index in [0.717, 1.165) is 18.2 Å². The van der Waals surface area contributed by atoms with E-state index < -0.39 is 58.1 Å². The number of carbonyl (C=O) groups is 1. The average Bonchev–Trinajstić information content (AvgIpc) is 2.75. The molecule has 0 radical (unpaired) electrons. The van der Waals surface area contributed by atoms with Gasteiger partial charge in [-0.1, -0.05) is 6.07 Å². The Kier molecular flexibility index (Phi) is 4.77. The molecule has 0 aromatic heterocycles. The Labute approximate surface area is 180 Å². The van der Waals surface area contributed by atoms with Gasteiger partial charge in [-0.2, -0.15) is 0 Å². The number of ether oxygens (including phenoxy) is 1. The van der Waals surface area contributed by atoms with E-state index in [2.05, 4.69) is 0 Å². The summed E-state index contributed by atoms with van der Waals surface area (Å²) in [6.45, 7) is 0. The molecule has 0 amide bonds. The van der Waals surface area contributed by atoms with Crippen LogP contribution in [-0.2, 0) is 6.42 Å². The Balaban J connectivity index is 1.99. The summed E-state index contributed by atoms with van der Waals surface area (Å²) in [4.78, 5) is 11.9. The number of hydrogen-bond acceptors (Lipinski definition) is 9. The third kappa shape index (κ3) is 3.18. The predicted molar refractivity (Wildman–Crippen MR) is 108 cm³/mol. The van der Waals surface area contributed by atoms with Crippen LogP contribution >= 0.6 is 0 Å². The van der Waals surface area contributed by atoms with Crippen LogP contribution in [0.1, 0.15) is 39.1 Å². The van der Waals surface area contributed by atoms with Crippen molar-refractivity contribution >= 4 is 5.97 Å². The molecule has 10 nitrogen and oxygen atoms in total. The van der Waals surface area contributed by atoms with Crippen LogP contribution in [0.4, 0.5) is 0 Å². The fourth-order valence-corrected chi connectivity index (χ4v) is 3.97. The van der Waals surface area contributed by atoms with Crippen LogP contribution in [0.15, 0.2) is 36.4 Å². The molecule has 2 atom stereocenters. The first-order chi connectivity index (χ1) is 15.1. The number of aromatic carboxylic acids is 1. The molecule has 4 rings (SSSR count). The minimum Gasteiger partial charge on any atom is -0.508 e. The van der Waals surface area contributed by atoms with Gasteiger partial charge in [0.05, 0.1) is 5.56 Å². The number of benzene rings is 3. The molecule has 1 aliphatic rings. The van der Waals surface area contributed by atoms with Crippen LogP contribution in [0, 0.1) is 0 Å². The van der Waals surface area contributed by atoms with E-state index in [4.69, 9.17) is 4.74 Å². The summed E-state index contributed by atoms with van der Waals surface area (Å²) in [7, 11) is 0. The Morgan fingerprint density at radius 2 is 1.44 bits per heavy atom. The first-order valence-electron chi connectivity index (χ1n) is 9.33. The second kappa shape index (κ2) is 7.34. The normalized spacial score (nSPS) is 17.4. The molecule has 3 aromatic carbocycles. The Morgan fingerprint density at radius 3 is 2.06 bits per heavy atom. The molecule has 0 fully saturated rings. The summed E-state index contributed by atoms with van der Waals surface area (Å²) >= 11 is 0. The zero-order valence-electron chi connectivity index (χ0n) is 16.2. The van der Waals surface area contributed by atoms with Gasteiger partial charge in [0, 0.05) is 22.6 Å². The smallest absolute Gasteiger partial charge is 0.336 e. The highest BCUT2D eigenvalue weighted by Gasteiger charge is 2.39. The maximum Gasteiger partial charge on any atom is 0.336 e. The van der Waals surface area contributed by atoms with Gasteiger partial charge in [0.15, 0.2) is 28.7 Å². The van der Waals surface area contributed by atoms with Crippen LogP contribution in [0.5, 0.6) is 46.0 Å². The monoisotopic (exact) mass is 442 g/mol. The Hall–Kier alpha value is -4.47. The van der Waals surface area contributed by atoms with Gasteiger partial charge in [-0.05, 0) is 36.8 Å². The van der Waals surface area contributed by atoms with E-state index in [-0.39, 0.29) is 29.0 Å². The van der Waals surface area contributed by atoms with Crippen LogP contribution in [0.25, 0.3) is 0 Å². The highest BCUT2D eigenvalue weighted by atomic mass is 16.5. The number of hydrogen-bond donors (Lipinski definition) is 8. The van der Waals surface area contributed by atoms with Gasteiger partial charge < -0.3 is 45.6 Å². The number of aromatic hydroxyl groups is 7. The van der Waals surface area contributed by atoms with Gasteiger partial charge in [0.1, 0.15) is 17.6 Å². The zero-order valence-corrected chi connectivity index (χ0v) is 16.2. The van der Waals surface area contributed by atoms with E-state index in [9.17, 15) is 45.6 Å². The number of rotatable bonds is 3. The van der Waals surface area contributed by atoms with Crippen LogP contribution in [0.2, 0.25) is 0 Å². The van der Waals surface area contributed by atoms with Gasteiger partial charge >= 0.3 is 5.97 Å². The number of phenols is 7. The summed E-state index contributed by atoms with van der Waals surface area (Å²) in [5.74, 6) is -7.29. The topological polar surface area (TPSA) is 188 Å². The van der Waals surface area contributed by atoms with Crippen molar-refractivity contribution in [2.75, 3.05) is 0 Å². The van der Waals surface area contributed by atoms with Gasteiger partial charge in [-0.25, -0.2) is 4.79 Å². The lowest BCUT2D eigenvalue weighted by Gasteiger charge is -2.35. The lowest BCUT2D eigenvalue weighted by atomic mass is 9.79. The summed E-state index contributed by atoms with van der Waals surface area (Å²) in [5.41, 5.74) is -0.411. The average molecular weight is 442 g/mol. The van der Waals surface area contributed by atoms with Crippen molar-refractivity contribution in [2.24, 2.45) is 0 Å². The molecular formula is C22H18O10. The quantitative estimate of drug-likeness (QED) is 0.280. The van der Waals surface area contributed by atoms with Crippen molar-refractivity contribution in [3.63, 3.8) is 0 Å². The molecule has 0 saturated carbocycles. The molecule has 0 saturated heterocycles. The van der Waals surface area contributed by atoms with Gasteiger partial charge in [-0.15, -0.1) is 0 Å². The molecule has 0 bridgehead atoms. The van der Waals surface area contributed by atoms with Gasteiger partial charge in [0.2, 0.25) is 5.75 Å². The highest BCUT2D eigenvalue weighted by Crippen LogP contribution is 2.53. The van der Waals surface area contributed by atoms with E-state index in [1.165, 1.54) is 12.1 Å². The minimum absolute atomic E-state index is 0.0763. The number of carboxylic acid groups (broad SMARTS) is 1. The molecule has 8 N–H and O–H groups in total. The maximum atomic E-state index is 11.9. The van der Waals surface area contributed by atoms with Crippen LogP contribution in [0.3, 0.4) is 0 Å². The Bertz CT molecular complexity index is 1230. The van der Waals surface area contributed by atoms with Crippen LogP contribution < -0.4 is 4.74 Å². The summed E-state index contributed by atoms with van der Waals surface area (Å²) in [6, 6.07) is 7.42. The third-order valence-corrected chi connectivity index (χ3v) is 5.47. The van der Waals surface area contributed by atoms with E-state index in [0.29, 0.717) is 5.56 Å². The molecule has 0 spiro atoms. The first-order valence-corrected chi connectivity index (χ1v) is 9.33. The SMILES string of the molecule is O=C(O)c1cc(O)c(O)c(O)c1C1Cc2c(O)cccc2O[C@H]1c1cc(O)c(O)c(O)c1. The number of fused-ring (bicyclic) bond motifs is 1. The largest absolute Gasteiger partial charge is 0.508 e. The van der Waals surface area contributed by atoms with Crippen molar-refractivity contribution in [1.29, 1.82) is 0 Å². The molecule has 1 unspecified atom stereocenters. The summed E-state index contributed by atoms with van der Waals surface area (Å²) in [5, 5.41) is 80.0. The summed E-state index contributed by atoms with van der Waals surface area (Å²) < 4.78 is 5.96. The second-order valence-electron chi connectivity index (χ2n) is 7.37. The number of phenolic OH excluding ortho intramolecular Hbond substituents is 7. The van der Waals surface area contributed by atoms with Crippen molar-refractivity contribution in [2.45, 2.75) is 18.4 Å². The minimum atomic E-state index is -1.51. The standard InChI is InChI=1S/C22H18O10/c23-12-2-1-3-16-9(12)6-10(17-11(22(30)31)7-15(26)19(28)20(17)29)21(32-16)8-4-13(24)18(27)14(25)5-8/h1-5,7,10,21,23-29H,6H2,(H,30,31)/t10?,21-/m0/s1. The third-order valence-electron chi connectivity index (χ3n) is 5.47.